The second-order valence-corrected chi connectivity index (χ2v) is 40.3. The number of carbonyl (C=O) groups excluding carboxylic acids is 5. The molecule has 146 heavy (non-hydrogen) atoms. The summed E-state index contributed by atoms with van der Waals surface area (Å²) in [5.41, 5.74) is 23.9. The highest BCUT2D eigenvalue weighted by atomic mass is 19.4. The highest BCUT2D eigenvalue weighted by molar-refractivity contribution is 5.96. The van der Waals surface area contributed by atoms with Crippen LogP contribution in [0.25, 0.3) is 11.0 Å². The zero-order valence-corrected chi connectivity index (χ0v) is 82.7. The summed E-state index contributed by atoms with van der Waals surface area (Å²) in [5, 5.41) is 35.5. The van der Waals surface area contributed by atoms with E-state index in [0.29, 0.717) is 160 Å². The van der Waals surface area contributed by atoms with Crippen LogP contribution < -0.4 is 86.9 Å². The van der Waals surface area contributed by atoms with Gasteiger partial charge in [0.25, 0.3) is 29.5 Å². The predicted molar refractivity (Wildman–Crippen MR) is 526 cm³/mol. The number of nitriles is 1. The van der Waals surface area contributed by atoms with Crippen molar-refractivity contribution in [3.8, 4) is 54.0 Å². The molecule has 10 fully saturated rings. The van der Waals surface area contributed by atoms with Gasteiger partial charge in [-0.2, -0.15) is 68.4 Å². The van der Waals surface area contributed by atoms with Crippen LogP contribution in [0.4, 0.5) is 58.3 Å². The molecule has 6 saturated heterocycles. The van der Waals surface area contributed by atoms with E-state index >= 15 is 0 Å². The molecule has 8 atom stereocenters. The maximum absolute atomic E-state index is 13.9. The van der Waals surface area contributed by atoms with Crippen molar-refractivity contribution < 1.29 is 79.8 Å². The lowest BCUT2D eigenvalue weighted by Gasteiger charge is -2.33. The molecule has 4 saturated carbocycles. The summed E-state index contributed by atoms with van der Waals surface area (Å²) in [4.78, 5) is 136. The summed E-state index contributed by atoms with van der Waals surface area (Å²) < 4.78 is 95.3. The fourth-order valence-electron chi connectivity index (χ4n) is 18.1. The topological polar surface area (TPSA) is 572 Å². The number of hydrogen-bond acceptors (Lipinski definition) is 37. The highest BCUT2D eigenvalue weighted by Gasteiger charge is 2.52. The fourth-order valence-corrected chi connectivity index (χ4v) is 18.1. The molecular formula is C99H126F4N30O13. The van der Waals surface area contributed by atoms with Crippen molar-refractivity contribution in [2.45, 2.75) is 211 Å². The average molecular weight is 2020 g/mol. The van der Waals surface area contributed by atoms with Gasteiger partial charge in [0.1, 0.15) is 72.1 Å². The number of aromatic amines is 1. The Morgan fingerprint density at radius 3 is 1.76 bits per heavy atom. The lowest BCUT2D eigenvalue weighted by atomic mass is 9.92. The number of alkyl halides is 4. The van der Waals surface area contributed by atoms with E-state index in [-0.39, 0.29) is 146 Å². The van der Waals surface area contributed by atoms with Gasteiger partial charge in [0, 0.05) is 142 Å². The van der Waals surface area contributed by atoms with Crippen molar-refractivity contribution in [1.29, 1.82) is 5.26 Å². The quantitative estimate of drug-likeness (QED) is 0.0137. The first-order chi connectivity index (χ1) is 70.1. The number of rotatable bonds is 33. The van der Waals surface area contributed by atoms with Crippen molar-refractivity contribution in [3.05, 3.63) is 114 Å². The van der Waals surface area contributed by atoms with Crippen LogP contribution in [0.5, 0.6) is 35.5 Å². The van der Waals surface area contributed by atoms with Gasteiger partial charge in [-0.25, -0.2) is 34.3 Å². The summed E-state index contributed by atoms with van der Waals surface area (Å²) in [6.45, 7) is 19.0. The fraction of sp³-hybridized carbons (Fsp3) is 0.576. The maximum Gasteiger partial charge on any atom is 0.408 e. The molecule has 0 aromatic carbocycles. The Balaban J connectivity index is 0.000000139. The first kappa shape index (κ1) is 104. The van der Waals surface area contributed by atoms with Gasteiger partial charge in [-0.15, -0.1) is 6.42 Å². The van der Waals surface area contributed by atoms with Crippen LogP contribution in [0.1, 0.15) is 233 Å². The number of nitrogens with zero attached hydrogens (tertiary/aromatic N) is 22. The molecule has 15 heterocycles. The SMILES string of the molecule is C#CC1(COc2nc(C(=O)N3CCCC3C(F)(F)F)cc(N3CCC(c4ccc(N)c(C(N)=O)n4)CC3)n2)CC1.CC(C)(C)NC(=O)c1nc(OCC2CC2(C)F)nc(N2CCC(COc3cncnc3N)CC2)n1.C[C@H](CO)NC(=O)c1cc(N2CCC(c3[nH]nc4ncccc34)CC2)nc(OC[C@H]2CC[C@@H](C)O2)n1.N#C[C@@H]1C[C@@H]1COc1nc(C(=O)NCC2CC2)cc(N2CCC(COc3cncnc3N)CC2)n1. The first-order valence-corrected chi connectivity index (χ1v) is 49.9. The number of fused-ring (bicyclic) bond motifs is 1. The van der Waals surface area contributed by atoms with Gasteiger partial charge in [-0.3, -0.25) is 29.1 Å². The number of terminal acetylenes is 1. The Labute approximate surface area is 841 Å². The number of ether oxygens (including phenoxy) is 7. The van der Waals surface area contributed by atoms with E-state index < -0.39 is 46.6 Å². The second kappa shape index (κ2) is 46.3. The normalized spacial score (nSPS) is 21.6. The molecule has 0 radical (unpaired) electrons. The number of nitrogens with two attached hydrogens (primary N) is 4. The number of nitrogens with one attached hydrogen (secondary N) is 4. The van der Waals surface area contributed by atoms with Gasteiger partial charge in [0.2, 0.25) is 11.8 Å². The largest absolute Gasteiger partial charge is 0.488 e. The van der Waals surface area contributed by atoms with Crippen LogP contribution in [0.15, 0.2) is 73.7 Å². The number of carbonyl (C=O) groups is 5. The molecule has 5 amide bonds. The van der Waals surface area contributed by atoms with E-state index in [2.05, 4.69) is 129 Å². The van der Waals surface area contributed by atoms with Gasteiger partial charge in [-0.1, -0.05) is 5.92 Å². The number of hydrogen-bond donors (Lipinski definition) is 9. The van der Waals surface area contributed by atoms with Gasteiger partial charge in [0.05, 0.1) is 80.7 Å². The third-order valence-corrected chi connectivity index (χ3v) is 27.7. The lowest BCUT2D eigenvalue weighted by Crippen LogP contribution is -2.45. The van der Waals surface area contributed by atoms with Crippen LogP contribution in [0.3, 0.4) is 0 Å². The number of pyridine rings is 2. The van der Waals surface area contributed by atoms with Crippen molar-refractivity contribution in [3.63, 3.8) is 0 Å². The minimum Gasteiger partial charge on any atom is -0.488 e. The minimum absolute atomic E-state index is 0.00610. The Kier molecular flexibility index (Phi) is 33.2. The van der Waals surface area contributed by atoms with Crippen molar-refractivity contribution >= 4 is 81.3 Å². The Hall–Kier alpha value is -14.4. The number of anilines is 7. The number of aliphatic hydroxyl groups is 1. The van der Waals surface area contributed by atoms with Crippen LogP contribution in [-0.2, 0) is 4.74 Å². The zero-order valence-electron chi connectivity index (χ0n) is 82.7. The maximum atomic E-state index is 13.9. The highest BCUT2D eigenvalue weighted by Crippen LogP contribution is 2.48. The number of likely N-dealkylation sites (tertiary alicyclic amines) is 1. The summed E-state index contributed by atoms with van der Waals surface area (Å²) in [5.74, 6) is 5.53. The monoisotopic (exact) mass is 2020 g/mol. The second-order valence-electron chi connectivity index (χ2n) is 40.3. The molecule has 9 aromatic rings. The first-order valence-electron chi connectivity index (χ1n) is 49.9. The van der Waals surface area contributed by atoms with E-state index in [1.165, 1.54) is 18.7 Å². The van der Waals surface area contributed by atoms with Gasteiger partial charge >= 0.3 is 30.2 Å². The molecule has 3 unspecified atom stereocenters. The van der Waals surface area contributed by atoms with E-state index in [1.54, 1.807) is 56.7 Å². The smallest absolute Gasteiger partial charge is 0.408 e. The molecule has 10 aliphatic rings. The zero-order chi connectivity index (χ0) is 103. The third kappa shape index (κ3) is 28.0. The molecule has 47 heteroatoms. The summed E-state index contributed by atoms with van der Waals surface area (Å²) in [7, 11) is 0. The van der Waals surface area contributed by atoms with E-state index in [0.717, 1.165) is 131 Å². The Morgan fingerprint density at radius 1 is 0.644 bits per heavy atom. The Bertz CT molecular complexity index is 6150. The van der Waals surface area contributed by atoms with Gasteiger partial charge in [0.15, 0.2) is 34.5 Å². The third-order valence-electron chi connectivity index (χ3n) is 27.7. The predicted octanol–water partition coefficient (Wildman–Crippen LogP) is 9.10. The van der Waals surface area contributed by atoms with Crippen LogP contribution >= 0.6 is 0 Å². The molecule has 9 aromatic heterocycles. The minimum atomic E-state index is -4.53. The molecule has 43 nitrogen and oxygen atoms in total. The van der Waals surface area contributed by atoms with Crippen LogP contribution in [0.2, 0.25) is 0 Å². The standard InChI is InChI=1S/C27H30F3N7O3.C25H33N7O4.C24H30N8O3.C23H33FN8O3/c1-2-26(9-10-26)15-40-25-34-19(24(39)37-11-3-4-20(37)27(28,29)30)14-21(35-25)36-12-7-16(8-13-36)18-6-5-17(31)22(33-18)23(32)38;1-15(13-33)27-24(34)20-12-21(29-25(28-20)35-14-18-6-5-16(2)36-18)32-10-7-17(8-11-32)22-19-4-3-9-26-23(19)31-30-22;25-9-17-7-18(17)13-35-24-30-19(23(33)28-10-15-1-2-15)8-21(31-24)32-5-3-16(4-6-32)12-34-20-11-27-14-29-22(20)26;1-22(2,3)31-19(33)18-28-20(30-21(29-18)35-12-15-9-23(15,4)24)32-7-5-14(6-8-32)11-34-16-10-26-13-27-17(16)25/h1,5-6,14,16,20H,3-4,7-13,15,31H2,(H2,32,38);3-4,9,12,15-18,33H,5-8,10-11,13-14H2,1-2H3,(H,27,34)(H,26,30,31);8,11,14-18H,1-7,10,12-13H2,(H,28,33)(H2,26,27,29);10,13-15H,5-9,11-12H2,1-4H3,(H,31,33)(H2,25,26,27)/t;15-,16-,18-;17-,18+;/m.10./s1. The van der Waals surface area contributed by atoms with Crippen LogP contribution in [-0.4, -0.2) is 278 Å². The number of aliphatic hydroxyl groups excluding tert-OH is 1. The summed E-state index contributed by atoms with van der Waals surface area (Å²) in [6.07, 6.45) is 22.7. The van der Waals surface area contributed by atoms with Gasteiger partial charge in [-0.05, 0) is 199 Å². The number of aromatic nitrogens is 17. The number of halogens is 4. The number of amides is 5. The number of nitrogen functional groups attached to an aromatic ring is 3. The summed E-state index contributed by atoms with van der Waals surface area (Å²) >= 11 is 0. The molecule has 4 aliphatic carbocycles. The number of H-pyrrole nitrogens is 1. The van der Waals surface area contributed by atoms with Crippen molar-refractivity contribution in [2.24, 2.45) is 46.7 Å². The van der Waals surface area contributed by atoms with Crippen molar-refractivity contribution in [2.75, 3.05) is 148 Å². The van der Waals surface area contributed by atoms with Crippen LogP contribution in [0, 0.1) is 64.6 Å². The Morgan fingerprint density at radius 2 is 1.21 bits per heavy atom. The molecule has 0 spiro atoms. The number of piperidine rings is 4. The van der Waals surface area contributed by atoms with E-state index in [4.69, 9.17) is 67.8 Å². The molecule has 0 bridgehead atoms. The molecule has 6 aliphatic heterocycles. The molecular weight excluding hydrogens is 1890 g/mol. The molecule has 13 N–H and O–H groups in total. The number of primary amides is 1. The van der Waals surface area contributed by atoms with Crippen molar-refractivity contribution in [1.82, 2.24) is 106 Å². The summed E-state index contributed by atoms with van der Waals surface area (Å²) in [6, 6.07) is 12.5. The van der Waals surface area contributed by atoms with E-state index in [1.807, 2.05) is 43.6 Å². The molecule has 19 rings (SSSR count). The average Bonchev–Trinajstić information content (AvgIpc) is 1.62. The molecule has 778 valence electrons. The lowest BCUT2D eigenvalue weighted by molar-refractivity contribution is -0.169. The van der Waals surface area contributed by atoms with Gasteiger partial charge < -0.3 is 102 Å². The van der Waals surface area contributed by atoms with E-state index in [9.17, 15) is 46.6 Å².